The van der Waals surface area contributed by atoms with Gasteiger partial charge in [0.1, 0.15) is 11.5 Å². The maximum absolute atomic E-state index is 5.26. The normalized spacial score (nSPS) is 11.2. The molecule has 0 unspecified atom stereocenters. The number of pyridine rings is 1. The second-order valence-corrected chi connectivity index (χ2v) is 5.30. The molecular formula is C21H19NO2. The predicted octanol–water partition coefficient (Wildman–Crippen LogP) is 4.69. The van der Waals surface area contributed by atoms with Crippen LogP contribution in [0, 0.1) is 0 Å². The summed E-state index contributed by atoms with van der Waals surface area (Å²) in [5.41, 5.74) is 4.48. The van der Waals surface area contributed by atoms with Gasteiger partial charge in [0, 0.05) is 12.4 Å². The van der Waals surface area contributed by atoms with E-state index in [0.29, 0.717) is 0 Å². The van der Waals surface area contributed by atoms with E-state index in [1.165, 1.54) is 0 Å². The lowest BCUT2D eigenvalue weighted by atomic mass is 9.96. The number of aromatic nitrogens is 1. The molecule has 1 aromatic heterocycles. The summed E-state index contributed by atoms with van der Waals surface area (Å²) in [6, 6.07) is 20.1. The van der Waals surface area contributed by atoms with Gasteiger partial charge in [-0.05, 0) is 64.7 Å². The Bertz CT molecular complexity index is 807. The van der Waals surface area contributed by atoms with Crippen LogP contribution in [0.4, 0.5) is 0 Å². The molecule has 0 bridgehead atoms. The van der Waals surface area contributed by atoms with Crippen LogP contribution in [0.5, 0.6) is 11.5 Å². The van der Waals surface area contributed by atoms with E-state index in [4.69, 9.17) is 9.47 Å². The highest BCUT2D eigenvalue weighted by Crippen LogP contribution is 2.27. The van der Waals surface area contributed by atoms with Crippen molar-refractivity contribution in [3.8, 4) is 11.5 Å². The highest BCUT2D eigenvalue weighted by molar-refractivity contribution is 5.91. The monoisotopic (exact) mass is 317 g/mol. The van der Waals surface area contributed by atoms with Gasteiger partial charge in [-0.15, -0.1) is 0 Å². The second-order valence-electron chi connectivity index (χ2n) is 5.30. The molecule has 3 heteroatoms. The summed E-state index contributed by atoms with van der Waals surface area (Å²) in [6.07, 6.45) is 5.78. The van der Waals surface area contributed by atoms with Crippen LogP contribution in [-0.2, 0) is 0 Å². The minimum atomic E-state index is 0.845. The van der Waals surface area contributed by atoms with Crippen LogP contribution in [0.1, 0.15) is 16.7 Å². The van der Waals surface area contributed by atoms with E-state index < -0.39 is 0 Å². The number of hydrogen-bond donors (Lipinski definition) is 0. The van der Waals surface area contributed by atoms with Crippen molar-refractivity contribution >= 4 is 11.6 Å². The zero-order chi connectivity index (χ0) is 16.8. The molecule has 0 aliphatic rings. The van der Waals surface area contributed by atoms with E-state index in [1.807, 2.05) is 48.5 Å². The van der Waals surface area contributed by atoms with E-state index >= 15 is 0 Å². The van der Waals surface area contributed by atoms with Crippen molar-refractivity contribution in [3.05, 3.63) is 89.7 Å². The fourth-order valence-corrected chi connectivity index (χ4v) is 2.50. The van der Waals surface area contributed by atoms with Gasteiger partial charge in [0.25, 0.3) is 0 Å². The van der Waals surface area contributed by atoms with Crippen LogP contribution in [0.25, 0.3) is 11.6 Å². The molecule has 0 atom stereocenters. The van der Waals surface area contributed by atoms with Crippen molar-refractivity contribution < 1.29 is 9.47 Å². The van der Waals surface area contributed by atoms with Crippen molar-refractivity contribution in [1.82, 2.24) is 4.98 Å². The predicted molar refractivity (Wildman–Crippen MR) is 97.2 cm³/mol. The number of benzene rings is 2. The third kappa shape index (κ3) is 3.63. The van der Waals surface area contributed by atoms with Crippen LogP contribution >= 0.6 is 0 Å². The molecule has 0 saturated heterocycles. The molecule has 2 aromatic carbocycles. The smallest absolute Gasteiger partial charge is 0.118 e. The van der Waals surface area contributed by atoms with Crippen molar-refractivity contribution in [2.24, 2.45) is 0 Å². The van der Waals surface area contributed by atoms with Crippen molar-refractivity contribution in [1.29, 1.82) is 0 Å². The molecule has 3 nitrogen and oxygen atoms in total. The van der Waals surface area contributed by atoms with Crippen molar-refractivity contribution in [2.45, 2.75) is 0 Å². The number of rotatable bonds is 5. The van der Waals surface area contributed by atoms with Crippen LogP contribution in [-0.4, -0.2) is 19.2 Å². The second kappa shape index (κ2) is 7.47. The quantitative estimate of drug-likeness (QED) is 0.640. The zero-order valence-electron chi connectivity index (χ0n) is 13.8. The zero-order valence-corrected chi connectivity index (χ0v) is 13.8. The first-order valence-corrected chi connectivity index (χ1v) is 7.71. The van der Waals surface area contributed by atoms with Gasteiger partial charge in [0.05, 0.1) is 14.2 Å². The maximum Gasteiger partial charge on any atom is 0.118 e. The van der Waals surface area contributed by atoms with Gasteiger partial charge in [-0.2, -0.15) is 0 Å². The Morgan fingerprint density at radius 2 is 1.21 bits per heavy atom. The molecular weight excluding hydrogens is 298 g/mol. The number of hydrogen-bond acceptors (Lipinski definition) is 3. The Hall–Kier alpha value is -3.07. The number of ether oxygens (including phenoxy) is 2. The topological polar surface area (TPSA) is 31.4 Å². The van der Waals surface area contributed by atoms with Crippen LogP contribution in [0.3, 0.4) is 0 Å². The standard InChI is InChI=1S/C21H19NO2/c1-23-19-7-3-16(4-8-19)15-21(18-11-13-22-14-12-18)17-5-9-20(24-2)10-6-17/h3-15H,1-2H3/b21-15+. The fourth-order valence-electron chi connectivity index (χ4n) is 2.50. The summed E-state index contributed by atoms with van der Waals surface area (Å²) in [5.74, 6) is 1.69. The Balaban J connectivity index is 2.05. The first-order chi connectivity index (χ1) is 11.8. The SMILES string of the molecule is COc1ccc(/C=C(/c2ccncc2)c2ccc(OC)cc2)cc1. The number of methoxy groups -OCH3 is 2. The highest BCUT2D eigenvalue weighted by atomic mass is 16.5. The Labute approximate surface area is 142 Å². The van der Waals surface area contributed by atoms with Gasteiger partial charge in [-0.1, -0.05) is 24.3 Å². The third-order valence-electron chi connectivity index (χ3n) is 3.82. The van der Waals surface area contributed by atoms with Gasteiger partial charge >= 0.3 is 0 Å². The molecule has 0 spiro atoms. The van der Waals surface area contributed by atoms with E-state index in [2.05, 4.69) is 23.2 Å². The third-order valence-corrected chi connectivity index (χ3v) is 3.82. The molecule has 0 N–H and O–H groups in total. The van der Waals surface area contributed by atoms with Crippen LogP contribution in [0.15, 0.2) is 73.1 Å². The molecule has 3 aromatic rings. The average Bonchev–Trinajstić information content (AvgIpc) is 2.67. The Morgan fingerprint density at radius 1 is 0.708 bits per heavy atom. The maximum atomic E-state index is 5.26. The van der Waals surface area contributed by atoms with E-state index in [-0.39, 0.29) is 0 Å². The largest absolute Gasteiger partial charge is 0.497 e. The summed E-state index contributed by atoms with van der Waals surface area (Å²) in [6.45, 7) is 0. The Morgan fingerprint density at radius 3 is 1.75 bits per heavy atom. The van der Waals surface area contributed by atoms with E-state index in [9.17, 15) is 0 Å². The molecule has 0 aliphatic carbocycles. The minimum Gasteiger partial charge on any atom is -0.497 e. The molecule has 120 valence electrons. The lowest BCUT2D eigenvalue weighted by molar-refractivity contribution is 0.414. The summed E-state index contributed by atoms with van der Waals surface area (Å²) in [7, 11) is 3.34. The van der Waals surface area contributed by atoms with Gasteiger partial charge in [0.2, 0.25) is 0 Å². The first-order valence-electron chi connectivity index (χ1n) is 7.71. The molecule has 0 amide bonds. The van der Waals surface area contributed by atoms with Crippen LogP contribution in [0.2, 0.25) is 0 Å². The van der Waals surface area contributed by atoms with Gasteiger partial charge in [-0.3, -0.25) is 4.98 Å². The molecule has 24 heavy (non-hydrogen) atoms. The summed E-state index contributed by atoms with van der Waals surface area (Å²) < 4.78 is 10.5. The lowest BCUT2D eigenvalue weighted by Gasteiger charge is -2.10. The lowest BCUT2D eigenvalue weighted by Crippen LogP contribution is -1.90. The fraction of sp³-hybridized carbons (Fsp3) is 0.0952. The van der Waals surface area contributed by atoms with Crippen molar-refractivity contribution in [2.75, 3.05) is 14.2 Å². The van der Waals surface area contributed by atoms with Gasteiger partial charge < -0.3 is 9.47 Å². The van der Waals surface area contributed by atoms with E-state index in [0.717, 1.165) is 33.8 Å². The molecule has 0 radical (unpaired) electrons. The summed E-state index contributed by atoms with van der Waals surface area (Å²) in [5, 5.41) is 0. The molecule has 3 rings (SSSR count). The summed E-state index contributed by atoms with van der Waals surface area (Å²) >= 11 is 0. The summed E-state index contributed by atoms with van der Waals surface area (Å²) in [4.78, 5) is 4.11. The van der Waals surface area contributed by atoms with Crippen molar-refractivity contribution in [3.63, 3.8) is 0 Å². The molecule has 0 aliphatic heterocycles. The van der Waals surface area contributed by atoms with Gasteiger partial charge in [-0.25, -0.2) is 0 Å². The van der Waals surface area contributed by atoms with Gasteiger partial charge in [0.15, 0.2) is 0 Å². The number of nitrogens with zero attached hydrogens (tertiary/aromatic N) is 1. The molecule has 1 heterocycles. The molecule has 0 fully saturated rings. The van der Waals surface area contributed by atoms with E-state index in [1.54, 1.807) is 26.6 Å². The molecule has 0 saturated carbocycles. The average molecular weight is 317 g/mol. The Kier molecular flexibility index (Phi) is 4.92. The minimum absolute atomic E-state index is 0.845. The van der Waals surface area contributed by atoms with Crippen LogP contribution < -0.4 is 9.47 Å². The first kappa shape index (κ1) is 15.8. The highest BCUT2D eigenvalue weighted by Gasteiger charge is 2.06.